The molecule has 1 aromatic heterocycles. The molecule has 0 atom stereocenters. The standard InChI is InChI=1S/C13H12N4O3/c1-9-4-5-10(7-12(9)17(19)20)8-15-16-13(18)11-3-2-6-14-11/h2-8,14H,1H3,(H,16,18)/b15-8-. The van der Waals surface area contributed by atoms with Crippen LogP contribution in [0.3, 0.4) is 0 Å². The van der Waals surface area contributed by atoms with E-state index in [-0.39, 0.29) is 11.6 Å². The Morgan fingerprint density at radius 1 is 1.45 bits per heavy atom. The van der Waals surface area contributed by atoms with Gasteiger partial charge in [0.25, 0.3) is 11.6 Å². The molecule has 2 rings (SSSR count). The smallest absolute Gasteiger partial charge is 0.287 e. The minimum absolute atomic E-state index is 0.0182. The summed E-state index contributed by atoms with van der Waals surface area (Å²) in [4.78, 5) is 24.6. The second-order valence-corrected chi connectivity index (χ2v) is 4.09. The van der Waals surface area contributed by atoms with E-state index in [1.54, 1.807) is 37.4 Å². The largest absolute Gasteiger partial charge is 0.357 e. The van der Waals surface area contributed by atoms with Gasteiger partial charge in [-0.25, -0.2) is 5.43 Å². The Morgan fingerprint density at radius 3 is 2.90 bits per heavy atom. The summed E-state index contributed by atoms with van der Waals surface area (Å²) in [6, 6.07) is 8.03. The molecule has 0 saturated heterocycles. The quantitative estimate of drug-likeness (QED) is 0.505. The first-order valence-electron chi connectivity index (χ1n) is 5.80. The zero-order chi connectivity index (χ0) is 14.5. The molecule has 0 fully saturated rings. The SMILES string of the molecule is Cc1ccc(/C=N\NC(=O)c2ccc[nH]2)cc1[N+](=O)[O-]. The summed E-state index contributed by atoms with van der Waals surface area (Å²) < 4.78 is 0. The van der Waals surface area contributed by atoms with Gasteiger partial charge in [0.2, 0.25) is 0 Å². The number of carbonyl (C=O) groups excluding carboxylic acids is 1. The molecule has 1 heterocycles. The van der Waals surface area contributed by atoms with Crippen LogP contribution < -0.4 is 5.43 Å². The fourth-order valence-electron chi connectivity index (χ4n) is 1.60. The van der Waals surface area contributed by atoms with Crippen molar-refractivity contribution < 1.29 is 9.72 Å². The Morgan fingerprint density at radius 2 is 2.25 bits per heavy atom. The highest BCUT2D eigenvalue weighted by molar-refractivity contribution is 5.93. The molecule has 1 amide bonds. The number of nitro benzene ring substituents is 1. The molecule has 0 aliphatic rings. The van der Waals surface area contributed by atoms with Crippen molar-refractivity contribution in [1.82, 2.24) is 10.4 Å². The second kappa shape index (κ2) is 5.79. The van der Waals surface area contributed by atoms with Gasteiger partial charge in [-0.1, -0.05) is 12.1 Å². The summed E-state index contributed by atoms with van der Waals surface area (Å²) in [5.74, 6) is -0.382. The molecule has 0 bridgehead atoms. The van der Waals surface area contributed by atoms with Crippen LogP contribution in [0.5, 0.6) is 0 Å². The van der Waals surface area contributed by atoms with Crippen LogP contribution in [0.2, 0.25) is 0 Å². The van der Waals surface area contributed by atoms with Gasteiger partial charge in [-0.2, -0.15) is 5.10 Å². The van der Waals surface area contributed by atoms with E-state index < -0.39 is 4.92 Å². The van der Waals surface area contributed by atoms with Crippen LogP contribution in [0.15, 0.2) is 41.6 Å². The lowest BCUT2D eigenvalue weighted by molar-refractivity contribution is -0.385. The van der Waals surface area contributed by atoms with Crippen LogP contribution in [-0.2, 0) is 0 Å². The minimum atomic E-state index is -0.454. The molecule has 7 heteroatoms. The zero-order valence-corrected chi connectivity index (χ0v) is 10.7. The van der Waals surface area contributed by atoms with Gasteiger partial charge >= 0.3 is 0 Å². The van der Waals surface area contributed by atoms with Crippen LogP contribution in [0.1, 0.15) is 21.6 Å². The second-order valence-electron chi connectivity index (χ2n) is 4.09. The van der Waals surface area contributed by atoms with Gasteiger partial charge in [0.1, 0.15) is 5.69 Å². The van der Waals surface area contributed by atoms with Gasteiger partial charge < -0.3 is 4.98 Å². The molecule has 1 aromatic carbocycles. The third-order valence-electron chi connectivity index (χ3n) is 2.65. The normalized spacial score (nSPS) is 10.7. The van der Waals surface area contributed by atoms with Crippen molar-refractivity contribution >= 4 is 17.8 Å². The number of benzene rings is 1. The highest BCUT2D eigenvalue weighted by Gasteiger charge is 2.10. The van der Waals surface area contributed by atoms with E-state index in [1.165, 1.54) is 12.3 Å². The Kier molecular flexibility index (Phi) is 3.90. The van der Waals surface area contributed by atoms with Gasteiger partial charge in [-0.05, 0) is 19.1 Å². The lowest BCUT2D eigenvalue weighted by atomic mass is 10.1. The summed E-state index contributed by atoms with van der Waals surface area (Å²) >= 11 is 0. The minimum Gasteiger partial charge on any atom is -0.357 e. The van der Waals surface area contributed by atoms with E-state index in [9.17, 15) is 14.9 Å². The number of hydrogen-bond acceptors (Lipinski definition) is 4. The van der Waals surface area contributed by atoms with Gasteiger partial charge in [-0.3, -0.25) is 14.9 Å². The van der Waals surface area contributed by atoms with Gasteiger partial charge in [0.05, 0.1) is 11.1 Å². The van der Waals surface area contributed by atoms with E-state index in [2.05, 4.69) is 15.5 Å². The molecule has 0 unspecified atom stereocenters. The number of aromatic amines is 1. The summed E-state index contributed by atoms with van der Waals surface area (Å²) in [6.07, 6.45) is 2.98. The number of nitrogens with zero attached hydrogens (tertiary/aromatic N) is 2. The number of rotatable bonds is 4. The Bertz CT molecular complexity index is 662. The first-order chi connectivity index (χ1) is 9.58. The fraction of sp³-hybridized carbons (Fsp3) is 0.0769. The lowest BCUT2D eigenvalue weighted by Crippen LogP contribution is -2.17. The lowest BCUT2D eigenvalue weighted by Gasteiger charge is -1.99. The predicted molar refractivity (Wildman–Crippen MR) is 73.7 cm³/mol. The molecule has 0 aliphatic heterocycles. The maximum Gasteiger partial charge on any atom is 0.287 e. The summed E-state index contributed by atoms with van der Waals surface area (Å²) in [7, 11) is 0. The number of nitrogens with one attached hydrogen (secondary N) is 2. The molecule has 20 heavy (non-hydrogen) atoms. The van der Waals surface area contributed by atoms with Crippen LogP contribution in [0.4, 0.5) is 5.69 Å². The molecule has 0 radical (unpaired) electrons. The Hall–Kier alpha value is -2.96. The van der Waals surface area contributed by atoms with Crippen LogP contribution in [0, 0.1) is 17.0 Å². The van der Waals surface area contributed by atoms with Gasteiger partial charge in [0.15, 0.2) is 0 Å². The molecule has 0 spiro atoms. The van der Waals surface area contributed by atoms with E-state index in [4.69, 9.17) is 0 Å². The predicted octanol–water partition coefficient (Wildman–Crippen LogP) is 2.00. The average molecular weight is 272 g/mol. The van der Waals surface area contributed by atoms with E-state index in [1.807, 2.05) is 0 Å². The highest BCUT2D eigenvalue weighted by atomic mass is 16.6. The number of amides is 1. The third kappa shape index (κ3) is 3.08. The van der Waals surface area contributed by atoms with Gasteiger partial charge in [0, 0.05) is 23.4 Å². The Balaban J connectivity index is 2.07. The number of hydrazone groups is 1. The van der Waals surface area contributed by atoms with Crippen molar-refractivity contribution in [3.05, 3.63) is 63.5 Å². The topological polar surface area (TPSA) is 100 Å². The van der Waals surface area contributed by atoms with Crippen molar-refractivity contribution in [2.24, 2.45) is 5.10 Å². The number of nitro groups is 1. The molecule has 2 aromatic rings. The van der Waals surface area contributed by atoms with Crippen LogP contribution in [0.25, 0.3) is 0 Å². The van der Waals surface area contributed by atoms with Crippen LogP contribution >= 0.6 is 0 Å². The highest BCUT2D eigenvalue weighted by Crippen LogP contribution is 2.18. The summed E-state index contributed by atoms with van der Waals surface area (Å²) in [5.41, 5.74) is 3.84. The van der Waals surface area contributed by atoms with E-state index in [0.717, 1.165) is 0 Å². The summed E-state index contributed by atoms with van der Waals surface area (Å²) in [5, 5.41) is 14.6. The summed E-state index contributed by atoms with van der Waals surface area (Å²) in [6.45, 7) is 1.66. The molecule has 2 N–H and O–H groups in total. The van der Waals surface area contributed by atoms with Gasteiger partial charge in [-0.15, -0.1) is 0 Å². The van der Waals surface area contributed by atoms with E-state index >= 15 is 0 Å². The van der Waals surface area contributed by atoms with Crippen molar-refractivity contribution in [3.8, 4) is 0 Å². The monoisotopic (exact) mass is 272 g/mol. The molecular formula is C13H12N4O3. The first kappa shape index (κ1) is 13.5. The number of aromatic nitrogens is 1. The first-order valence-corrected chi connectivity index (χ1v) is 5.80. The Labute approximate surface area is 114 Å². The molecule has 7 nitrogen and oxygen atoms in total. The van der Waals surface area contributed by atoms with Crippen molar-refractivity contribution in [2.75, 3.05) is 0 Å². The van der Waals surface area contributed by atoms with Crippen LogP contribution in [-0.4, -0.2) is 22.0 Å². The van der Waals surface area contributed by atoms with Crippen molar-refractivity contribution in [2.45, 2.75) is 6.92 Å². The maximum absolute atomic E-state index is 11.6. The number of H-pyrrole nitrogens is 1. The van der Waals surface area contributed by atoms with Crippen molar-refractivity contribution in [3.63, 3.8) is 0 Å². The molecule has 0 aliphatic carbocycles. The number of hydrogen-bond donors (Lipinski definition) is 2. The molecule has 0 saturated carbocycles. The molecular weight excluding hydrogens is 260 g/mol. The molecule has 102 valence electrons. The average Bonchev–Trinajstić information content (AvgIpc) is 2.94. The fourth-order valence-corrected chi connectivity index (χ4v) is 1.60. The van der Waals surface area contributed by atoms with E-state index in [0.29, 0.717) is 16.8 Å². The van der Waals surface area contributed by atoms with Crippen molar-refractivity contribution in [1.29, 1.82) is 0 Å². The maximum atomic E-state index is 11.6. The zero-order valence-electron chi connectivity index (χ0n) is 10.7. The third-order valence-corrected chi connectivity index (χ3v) is 2.65. The number of aryl methyl sites for hydroxylation is 1. The number of carbonyl (C=O) groups is 1.